The van der Waals surface area contributed by atoms with Crippen LogP contribution >= 0.6 is 0 Å². The molecule has 5 aromatic heterocycles. The van der Waals surface area contributed by atoms with Crippen LogP contribution in [0.1, 0.15) is 0 Å². The number of rotatable bonds is 6. The van der Waals surface area contributed by atoms with E-state index < -0.39 is 0 Å². The minimum absolute atomic E-state index is 0.806. The van der Waals surface area contributed by atoms with Crippen LogP contribution < -0.4 is 0 Å². The van der Waals surface area contributed by atoms with Crippen molar-refractivity contribution in [2.75, 3.05) is 0 Å². The van der Waals surface area contributed by atoms with E-state index in [2.05, 4.69) is 166 Å². The van der Waals surface area contributed by atoms with Gasteiger partial charge >= 0.3 is 0 Å². The van der Waals surface area contributed by atoms with Gasteiger partial charge in [0, 0.05) is 50.6 Å². The molecule has 0 amide bonds. The molecule has 11 aromatic rings. The van der Waals surface area contributed by atoms with Gasteiger partial charge in [-0.3, -0.25) is 9.97 Å². The Morgan fingerprint density at radius 1 is 0.333 bits per heavy atom. The number of para-hydroxylation sites is 2. The Labute approximate surface area is 329 Å². The van der Waals surface area contributed by atoms with E-state index in [-0.39, 0.29) is 0 Å². The van der Waals surface area contributed by atoms with E-state index in [1.807, 2.05) is 36.4 Å². The molecule has 0 aliphatic rings. The van der Waals surface area contributed by atoms with Gasteiger partial charge in [0.2, 0.25) is 0 Å². The Bertz CT molecular complexity index is 3190. The van der Waals surface area contributed by atoms with Crippen molar-refractivity contribution in [1.82, 2.24) is 24.5 Å². The molecule has 0 fully saturated rings. The molecule has 57 heavy (non-hydrogen) atoms. The molecule has 266 valence electrons. The summed E-state index contributed by atoms with van der Waals surface area (Å²) in [6.45, 7) is 0. The first kappa shape index (κ1) is 32.7. The van der Waals surface area contributed by atoms with Gasteiger partial charge < -0.3 is 4.57 Å². The van der Waals surface area contributed by atoms with Crippen LogP contribution in [-0.2, 0) is 0 Å². The molecule has 0 aliphatic carbocycles. The number of hydrogen-bond acceptors (Lipinski definition) is 4. The lowest BCUT2D eigenvalue weighted by Gasteiger charge is -2.14. The van der Waals surface area contributed by atoms with E-state index in [0.717, 1.165) is 78.3 Å². The molecule has 0 saturated heterocycles. The normalized spacial score (nSPS) is 11.5. The van der Waals surface area contributed by atoms with Gasteiger partial charge in [-0.25, -0.2) is 9.97 Å². The van der Waals surface area contributed by atoms with Gasteiger partial charge in [-0.1, -0.05) is 121 Å². The Kier molecular flexibility index (Phi) is 7.74. The predicted molar refractivity (Wildman–Crippen MR) is 234 cm³/mol. The smallest absolute Gasteiger partial charge is 0.0900 e. The van der Waals surface area contributed by atoms with Crippen LogP contribution in [0.3, 0.4) is 0 Å². The zero-order valence-corrected chi connectivity index (χ0v) is 30.8. The van der Waals surface area contributed by atoms with Gasteiger partial charge in [-0.2, -0.15) is 0 Å². The summed E-state index contributed by atoms with van der Waals surface area (Å²) in [7, 11) is 0. The molecule has 11 rings (SSSR count). The summed E-state index contributed by atoms with van der Waals surface area (Å²) in [4.78, 5) is 19.6. The van der Waals surface area contributed by atoms with Crippen LogP contribution in [0.15, 0.2) is 200 Å². The standard InChI is InChI=1S/C52H33N5/c1-3-13-36(14-4-1)52-42-27-28-49-51(41-17-7-8-20-48(41)57(49)39-15-5-2-6-16-39)50(42)40-26-25-37(31-45(40)56-52)34-21-23-35(24-22-34)38-32-46(43-18-9-11-29-53-43)55-47(33-38)44-19-10-12-30-54-44/h1-33H. The van der Waals surface area contributed by atoms with Crippen LogP contribution in [-0.4, -0.2) is 24.5 Å². The highest BCUT2D eigenvalue weighted by Gasteiger charge is 2.20. The third kappa shape index (κ3) is 5.64. The van der Waals surface area contributed by atoms with Crippen molar-refractivity contribution in [3.8, 4) is 62.0 Å². The molecule has 5 heteroatoms. The topological polar surface area (TPSA) is 56.5 Å². The van der Waals surface area contributed by atoms with Crippen LogP contribution in [0.25, 0.3) is 105 Å². The number of aromatic nitrogens is 5. The van der Waals surface area contributed by atoms with E-state index in [1.54, 1.807) is 12.4 Å². The number of benzene rings is 6. The summed E-state index contributed by atoms with van der Waals surface area (Å²) in [6.07, 6.45) is 3.60. The third-order valence-corrected chi connectivity index (χ3v) is 10.9. The molecule has 0 N–H and O–H groups in total. The molecular weight excluding hydrogens is 695 g/mol. The monoisotopic (exact) mass is 727 g/mol. The first-order valence-corrected chi connectivity index (χ1v) is 19.1. The molecule has 5 heterocycles. The number of fused-ring (bicyclic) bond motifs is 7. The lowest BCUT2D eigenvalue weighted by atomic mass is 9.94. The minimum atomic E-state index is 0.806. The van der Waals surface area contributed by atoms with Crippen molar-refractivity contribution >= 4 is 43.5 Å². The van der Waals surface area contributed by atoms with Crippen molar-refractivity contribution in [1.29, 1.82) is 0 Å². The third-order valence-electron chi connectivity index (χ3n) is 10.9. The highest BCUT2D eigenvalue weighted by molar-refractivity contribution is 6.29. The van der Waals surface area contributed by atoms with Crippen LogP contribution in [0.4, 0.5) is 0 Å². The second-order valence-electron chi connectivity index (χ2n) is 14.3. The van der Waals surface area contributed by atoms with Gasteiger partial charge in [0.15, 0.2) is 0 Å². The average molecular weight is 728 g/mol. The Morgan fingerprint density at radius 3 is 1.61 bits per heavy atom. The molecular formula is C52H33N5. The Hall–Kier alpha value is -7.76. The van der Waals surface area contributed by atoms with Crippen molar-refractivity contribution in [2.24, 2.45) is 0 Å². The van der Waals surface area contributed by atoms with E-state index in [9.17, 15) is 0 Å². The minimum Gasteiger partial charge on any atom is -0.309 e. The molecule has 6 aromatic carbocycles. The molecule has 5 nitrogen and oxygen atoms in total. The maximum absolute atomic E-state index is 5.43. The number of hydrogen-bond donors (Lipinski definition) is 0. The first-order valence-electron chi connectivity index (χ1n) is 19.1. The summed E-state index contributed by atoms with van der Waals surface area (Å²) >= 11 is 0. The van der Waals surface area contributed by atoms with Crippen molar-refractivity contribution in [3.63, 3.8) is 0 Å². The molecule has 0 spiro atoms. The summed E-state index contributed by atoms with van der Waals surface area (Å²) in [6, 6.07) is 66.0. The molecule has 0 saturated carbocycles. The average Bonchev–Trinajstić information content (AvgIpc) is 3.64. The maximum atomic E-state index is 5.43. The summed E-state index contributed by atoms with van der Waals surface area (Å²) < 4.78 is 2.38. The number of nitrogens with zero attached hydrogens (tertiary/aromatic N) is 5. The van der Waals surface area contributed by atoms with E-state index in [0.29, 0.717) is 0 Å². The largest absolute Gasteiger partial charge is 0.309 e. The fraction of sp³-hybridized carbons (Fsp3) is 0. The highest BCUT2D eigenvalue weighted by atomic mass is 15.0. The maximum Gasteiger partial charge on any atom is 0.0900 e. The van der Waals surface area contributed by atoms with Crippen molar-refractivity contribution < 1.29 is 0 Å². The Balaban J connectivity index is 1.08. The SMILES string of the molecule is c1ccc(-c2nc3cc(-c4ccc(-c5cc(-c6ccccn6)nc(-c6ccccn6)c5)cc4)ccc3c3c2ccc2c3c3ccccc3n2-c2ccccc2)cc1. The fourth-order valence-electron chi connectivity index (χ4n) is 8.25. The van der Waals surface area contributed by atoms with Crippen LogP contribution in [0.2, 0.25) is 0 Å². The van der Waals surface area contributed by atoms with Crippen molar-refractivity contribution in [2.45, 2.75) is 0 Å². The zero-order valence-electron chi connectivity index (χ0n) is 30.8. The van der Waals surface area contributed by atoms with Crippen LogP contribution in [0.5, 0.6) is 0 Å². The van der Waals surface area contributed by atoms with Gasteiger partial charge in [0.05, 0.1) is 45.0 Å². The zero-order chi connectivity index (χ0) is 37.7. The quantitative estimate of drug-likeness (QED) is 0.160. The van der Waals surface area contributed by atoms with Crippen LogP contribution in [0, 0.1) is 0 Å². The van der Waals surface area contributed by atoms with Gasteiger partial charge in [-0.15, -0.1) is 0 Å². The molecule has 0 bridgehead atoms. The van der Waals surface area contributed by atoms with Gasteiger partial charge in [-0.05, 0) is 89.0 Å². The lowest BCUT2D eigenvalue weighted by molar-refractivity contribution is 1.18. The Morgan fingerprint density at radius 2 is 0.930 bits per heavy atom. The second kappa shape index (κ2) is 13.5. The lowest BCUT2D eigenvalue weighted by Crippen LogP contribution is -1.94. The van der Waals surface area contributed by atoms with E-state index in [1.165, 1.54) is 27.2 Å². The molecule has 0 radical (unpaired) electrons. The van der Waals surface area contributed by atoms with Gasteiger partial charge in [0.1, 0.15) is 0 Å². The fourth-order valence-corrected chi connectivity index (χ4v) is 8.25. The van der Waals surface area contributed by atoms with Crippen molar-refractivity contribution in [3.05, 3.63) is 200 Å². The number of pyridine rings is 4. The predicted octanol–water partition coefficient (Wildman–Crippen LogP) is 13.0. The summed E-state index contributed by atoms with van der Waals surface area (Å²) in [5, 5.41) is 5.95. The molecule has 0 unspecified atom stereocenters. The first-order chi connectivity index (χ1) is 28.3. The highest BCUT2D eigenvalue weighted by Crippen LogP contribution is 2.43. The molecule has 0 atom stereocenters. The van der Waals surface area contributed by atoms with Gasteiger partial charge in [0.25, 0.3) is 0 Å². The summed E-state index contributed by atoms with van der Waals surface area (Å²) in [5.74, 6) is 0. The molecule has 0 aliphatic heterocycles. The second-order valence-corrected chi connectivity index (χ2v) is 14.3. The summed E-state index contributed by atoms with van der Waals surface area (Å²) in [5.41, 5.74) is 14.2. The van der Waals surface area contributed by atoms with E-state index in [4.69, 9.17) is 9.97 Å². The van der Waals surface area contributed by atoms with E-state index >= 15 is 0 Å².